The van der Waals surface area contributed by atoms with E-state index in [-0.39, 0.29) is 6.04 Å². The molecule has 0 spiro atoms. The molecule has 5 heteroatoms. The molecule has 2 aromatic heterocycles. The van der Waals surface area contributed by atoms with Gasteiger partial charge in [-0.25, -0.2) is 9.97 Å². The Morgan fingerprint density at radius 1 is 1.35 bits per heavy atom. The highest BCUT2D eigenvalue weighted by Gasteiger charge is 2.11. The van der Waals surface area contributed by atoms with Crippen LogP contribution in [0.15, 0.2) is 10.6 Å². The quantitative estimate of drug-likeness (QED) is 0.880. The minimum Gasteiger partial charge on any atom is -0.444 e. The predicted molar refractivity (Wildman–Crippen MR) is 64.6 cm³/mol. The summed E-state index contributed by atoms with van der Waals surface area (Å²) in [7, 11) is 0. The minimum absolute atomic E-state index is 0.0528. The van der Waals surface area contributed by atoms with Gasteiger partial charge in [-0.05, 0) is 27.7 Å². The summed E-state index contributed by atoms with van der Waals surface area (Å²) < 4.78 is 7.56. The van der Waals surface area contributed by atoms with Gasteiger partial charge in [0.2, 0.25) is 5.89 Å². The van der Waals surface area contributed by atoms with Crippen molar-refractivity contribution in [2.24, 2.45) is 5.73 Å². The minimum atomic E-state index is -0.0528. The Labute approximate surface area is 101 Å². The summed E-state index contributed by atoms with van der Waals surface area (Å²) in [5.41, 5.74) is 7.63. The molecule has 2 aromatic rings. The molecule has 0 radical (unpaired) electrons. The van der Waals surface area contributed by atoms with Crippen molar-refractivity contribution in [1.82, 2.24) is 14.5 Å². The number of rotatable bonds is 3. The predicted octanol–water partition coefficient (Wildman–Crippen LogP) is 1.86. The monoisotopic (exact) mass is 234 g/mol. The molecule has 2 rings (SSSR count). The van der Waals surface area contributed by atoms with Gasteiger partial charge >= 0.3 is 0 Å². The van der Waals surface area contributed by atoms with E-state index in [1.54, 1.807) is 0 Å². The third-order valence-electron chi connectivity index (χ3n) is 2.84. The smallest absolute Gasteiger partial charge is 0.214 e. The van der Waals surface area contributed by atoms with Gasteiger partial charge in [0.25, 0.3) is 0 Å². The lowest BCUT2D eigenvalue weighted by Gasteiger charge is -2.00. The van der Waals surface area contributed by atoms with Crippen molar-refractivity contribution in [1.29, 1.82) is 0 Å². The molecule has 5 nitrogen and oxygen atoms in total. The third kappa shape index (κ3) is 2.39. The summed E-state index contributed by atoms with van der Waals surface area (Å²) in [6, 6.07) is -0.0528. The van der Waals surface area contributed by atoms with Gasteiger partial charge in [0.1, 0.15) is 18.1 Å². The van der Waals surface area contributed by atoms with Crippen LogP contribution in [0.3, 0.4) is 0 Å². The van der Waals surface area contributed by atoms with Crippen molar-refractivity contribution in [2.45, 2.75) is 40.3 Å². The number of nitrogens with zero attached hydrogens (tertiary/aromatic N) is 3. The topological polar surface area (TPSA) is 69.9 Å². The molecule has 0 aromatic carbocycles. The molecule has 0 saturated carbocycles. The lowest BCUT2D eigenvalue weighted by molar-refractivity contribution is 0.454. The molecule has 0 saturated heterocycles. The molecule has 2 N–H and O–H groups in total. The van der Waals surface area contributed by atoms with Crippen LogP contribution in [0, 0.1) is 20.8 Å². The number of hydrogen-bond donors (Lipinski definition) is 1. The molecule has 92 valence electrons. The van der Waals surface area contributed by atoms with Crippen LogP contribution in [-0.2, 0) is 6.54 Å². The van der Waals surface area contributed by atoms with E-state index in [1.165, 1.54) is 0 Å². The van der Waals surface area contributed by atoms with Crippen LogP contribution in [-0.4, -0.2) is 14.5 Å². The van der Waals surface area contributed by atoms with Crippen LogP contribution in [0.5, 0.6) is 0 Å². The Morgan fingerprint density at radius 2 is 2.06 bits per heavy atom. The summed E-state index contributed by atoms with van der Waals surface area (Å²) in [6.45, 7) is 8.33. The molecular weight excluding hydrogens is 216 g/mol. The number of aromatic nitrogens is 3. The molecule has 0 fully saturated rings. The zero-order valence-electron chi connectivity index (χ0n) is 10.7. The van der Waals surface area contributed by atoms with Gasteiger partial charge in [-0.3, -0.25) is 0 Å². The highest BCUT2D eigenvalue weighted by molar-refractivity contribution is 5.10. The summed E-state index contributed by atoms with van der Waals surface area (Å²) in [5.74, 6) is 2.49. The fraction of sp³-hybridized carbons (Fsp3) is 0.500. The molecule has 0 bridgehead atoms. The summed E-state index contributed by atoms with van der Waals surface area (Å²) in [4.78, 5) is 8.76. The standard InChI is InChI=1S/C12H18N4O/c1-7(13)11-5-16(10(4)15-11)6-12-14-8(2)9(3)17-12/h5,7H,6,13H2,1-4H3. The number of imidazole rings is 1. The van der Waals surface area contributed by atoms with Gasteiger partial charge in [0.05, 0.1) is 11.4 Å². The van der Waals surface area contributed by atoms with E-state index < -0.39 is 0 Å². The van der Waals surface area contributed by atoms with Crippen LogP contribution < -0.4 is 5.73 Å². The van der Waals surface area contributed by atoms with Crippen molar-refractivity contribution in [3.05, 3.63) is 35.1 Å². The first-order valence-electron chi connectivity index (χ1n) is 5.69. The van der Waals surface area contributed by atoms with E-state index in [2.05, 4.69) is 9.97 Å². The second-order valence-corrected chi connectivity index (χ2v) is 4.38. The molecule has 0 aliphatic rings. The first kappa shape index (κ1) is 11.9. The van der Waals surface area contributed by atoms with Crippen LogP contribution in [0.25, 0.3) is 0 Å². The van der Waals surface area contributed by atoms with Gasteiger partial charge < -0.3 is 14.7 Å². The van der Waals surface area contributed by atoms with Crippen molar-refractivity contribution in [3.63, 3.8) is 0 Å². The van der Waals surface area contributed by atoms with Gasteiger partial charge in [0.15, 0.2) is 0 Å². The maximum Gasteiger partial charge on any atom is 0.214 e. The molecule has 2 heterocycles. The molecule has 1 atom stereocenters. The summed E-state index contributed by atoms with van der Waals surface area (Å²) in [5, 5.41) is 0. The molecule has 0 amide bonds. The number of hydrogen-bond acceptors (Lipinski definition) is 4. The average molecular weight is 234 g/mol. The fourth-order valence-electron chi connectivity index (χ4n) is 1.66. The zero-order chi connectivity index (χ0) is 12.6. The van der Waals surface area contributed by atoms with E-state index in [1.807, 2.05) is 38.5 Å². The fourth-order valence-corrected chi connectivity index (χ4v) is 1.66. The highest BCUT2D eigenvalue weighted by atomic mass is 16.4. The maximum atomic E-state index is 5.80. The molecule has 1 unspecified atom stereocenters. The first-order valence-corrected chi connectivity index (χ1v) is 5.69. The van der Waals surface area contributed by atoms with Crippen molar-refractivity contribution >= 4 is 0 Å². The Bertz CT molecular complexity index is 505. The molecule has 17 heavy (non-hydrogen) atoms. The van der Waals surface area contributed by atoms with Crippen molar-refractivity contribution in [3.8, 4) is 0 Å². The molecule has 0 aliphatic carbocycles. The van der Waals surface area contributed by atoms with Crippen LogP contribution in [0.4, 0.5) is 0 Å². The van der Waals surface area contributed by atoms with E-state index >= 15 is 0 Å². The summed E-state index contributed by atoms with van der Waals surface area (Å²) in [6.07, 6.45) is 1.95. The number of oxazole rings is 1. The van der Waals surface area contributed by atoms with E-state index in [0.29, 0.717) is 12.4 Å². The zero-order valence-corrected chi connectivity index (χ0v) is 10.7. The van der Waals surface area contributed by atoms with Gasteiger partial charge in [-0.2, -0.15) is 0 Å². The summed E-state index contributed by atoms with van der Waals surface area (Å²) >= 11 is 0. The Kier molecular flexibility index (Phi) is 3.02. The first-order chi connectivity index (χ1) is 7.97. The molecular formula is C12H18N4O. The second-order valence-electron chi connectivity index (χ2n) is 4.38. The normalized spacial score (nSPS) is 13.0. The van der Waals surface area contributed by atoms with Gasteiger partial charge in [-0.15, -0.1) is 0 Å². The van der Waals surface area contributed by atoms with E-state index in [0.717, 1.165) is 23.0 Å². The van der Waals surface area contributed by atoms with Crippen molar-refractivity contribution in [2.75, 3.05) is 0 Å². The van der Waals surface area contributed by atoms with Gasteiger partial charge in [-0.1, -0.05) is 0 Å². The van der Waals surface area contributed by atoms with Crippen molar-refractivity contribution < 1.29 is 4.42 Å². The highest BCUT2D eigenvalue weighted by Crippen LogP contribution is 2.13. The Hall–Kier alpha value is -1.62. The van der Waals surface area contributed by atoms with Crippen LogP contribution in [0.2, 0.25) is 0 Å². The van der Waals surface area contributed by atoms with E-state index in [9.17, 15) is 0 Å². The van der Waals surface area contributed by atoms with E-state index in [4.69, 9.17) is 10.2 Å². The Balaban J connectivity index is 2.23. The molecule has 0 aliphatic heterocycles. The third-order valence-corrected chi connectivity index (χ3v) is 2.84. The second kappa shape index (κ2) is 4.33. The SMILES string of the molecule is Cc1nc(Cn2cc(C(C)N)nc2C)oc1C. The maximum absolute atomic E-state index is 5.80. The van der Waals surface area contributed by atoms with Gasteiger partial charge in [0, 0.05) is 12.2 Å². The van der Waals surface area contributed by atoms with Crippen LogP contribution in [0.1, 0.15) is 41.8 Å². The number of nitrogens with two attached hydrogens (primary N) is 1. The van der Waals surface area contributed by atoms with Crippen LogP contribution >= 0.6 is 0 Å². The lowest BCUT2D eigenvalue weighted by Crippen LogP contribution is -2.05. The lowest BCUT2D eigenvalue weighted by atomic mass is 10.3. The Morgan fingerprint density at radius 3 is 2.53 bits per heavy atom. The largest absolute Gasteiger partial charge is 0.444 e. The number of aryl methyl sites for hydroxylation is 3. The average Bonchev–Trinajstić information content (AvgIpc) is 2.73.